The number of hydrogen-bond donors (Lipinski definition) is 2. The molecule has 1 atom stereocenters. The van der Waals surface area contributed by atoms with Crippen molar-refractivity contribution in [1.82, 2.24) is 4.90 Å². The van der Waals surface area contributed by atoms with Gasteiger partial charge in [-0.15, -0.1) is 0 Å². The van der Waals surface area contributed by atoms with Crippen molar-refractivity contribution in [3.05, 3.63) is 23.8 Å². The number of carbonyl (C=O) groups is 1. The summed E-state index contributed by atoms with van der Waals surface area (Å²) < 4.78 is 0. The highest BCUT2D eigenvalue weighted by Crippen LogP contribution is 2.27. The number of carbonyl (C=O) groups excluding carboxylic acids is 1. The highest BCUT2D eigenvalue weighted by Gasteiger charge is 2.16. The molecule has 0 aromatic heterocycles. The lowest BCUT2D eigenvalue weighted by Gasteiger charge is -2.15. The third-order valence-electron chi connectivity index (χ3n) is 3.25. The molecule has 19 heavy (non-hydrogen) atoms. The topological polar surface area (TPSA) is 58.4 Å². The summed E-state index contributed by atoms with van der Waals surface area (Å²) in [6, 6.07) is 5.41. The van der Waals surface area contributed by atoms with E-state index in [4.69, 9.17) is 5.73 Å². The number of nitrogen functional groups attached to an aromatic ring is 1. The quantitative estimate of drug-likeness (QED) is 0.830. The standard InChI is InChI=1S/C14H21N3OS/c1-17(2)14(18)10-5-6-12(15)13(8-10)16-9-11-4-3-7-19-11/h5-6,8,11,16H,3-4,7,9,15H2,1-2H3. The van der Waals surface area contributed by atoms with Gasteiger partial charge in [0.1, 0.15) is 0 Å². The lowest BCUT2D eigenvalue weighted by atomic mass is 10.1. The summed E-state index contributed by atoms with van der Waals surface area (Å²) in [5.41, 5.74) is 8.18. The monoisotopic (exact) mass is 279 g/mol. The summed E-state index contributed by atoms with van der Waals surface area (Å²) in [4.78, 5) is 13.5. The molecule has 1 fully saturated rings. The molecule has 0 bridgehead atoms. The summed E-state index contributed by atoms with van der Waals surface area (Å²) >= 11 is 2.00. The first-order valence-electron chi connectivity index (χ1n) is 6.54. The van der Waals surface area contributed by atoms with E-state index in [1.807, 2.05) is 17.8 Å². The smallest absolute Gasteiger partial charge is 0.253 e. The zero-order valence-electron chi connectivity index (χ0n) is 11.5. The van der Waals surface area contributed by atoms with Crippen LogP contribution in [0.15, 0.2) is 18.2 Å². The molecule has 1 amide bonds. The Morgan fingerprint density at radius 2 is 2.32 bits per heavy atom. The average Bonchev–Trinajstić information content (AvgIpc) is 2.90. The minimum atomic E-state index is -0.00158. The maximum absolute atomic E-state index is 11.9. The van der Waals surface area contributed by atoms with Gasteiger partial charge in [-0.05, 0) is 36.8 Å². The van der Waals surface area contributed by atoms with Crippen LogP contribution in [0.25, 0.3) is 0 Å². The summed E-state index contributed by atoms with van der Waals surface area (Å²) in [6.45, 7) is 0.911. The Morgan fingerprint density at radius 3 is 2.95 bits per heavy atom. The van der Waals surface area contributed by atoms with E-state index in [0.717, 1.165) is 12.2 Å². The molecule has 4 nitrogen and oxygen atoms in total. The first-order chi connectivity index (χ1) is 9.08. The number of rotatable bonds is 4. The van der Waals surface area contributed by atoms with Gasteiger partial charge in [0.15, 0.2) is 0 Å². The van der Waals surface area contributed by atoms with Gasteiger partial charge in [0.05, 0.1) is 11.4 Å². The number of hydrogen-bond acceptors (Lipinski definition) is 4. The molecule has 0 aliphatic carbocycles. The van der Waals surface area contributed by atoms with Crippen molar-refractivity contribution in [3.8, 4) is 0 Å². The Balaban J connectivity index is 2.06. The van der Waals surface area contributed by atoms with Crippen molar-refractivity contribution in [3.63, 3.8) is 0 Å². The molecule has 1 aromatic carbocycles. The molecule has 1 aromatic rings. The van der Waals surface area contributed by atoms with Crippen molar-refractivity contribution in [2.75, 3.05) is 37.4 Å². The van der Waals surface area contributed by atoms with Gasteiger partial charge in [-0.25, -0.2) is 0 Å². The fourth-order valence-electron chi connectivity index (χ4n) is 2.13. The highest BCUT2D eigenvalue weighted by atomic mass is 32.2. The predicted molar refractivity (Wildman–Crippen MR) is 82.8 cm³/mol. The van der Waals surface area contributed by atoms with Gasteiger partial charge < -0.3 is 16.0 Å². The Kier molecular flexibility index (Phi) is 4.58. The molecule has 0 spiro atoms. The van der Waals surface area contributed by atoms with Gasteiger partial charge in [0.25, 0.3) is 5.91 Å². The number of anilines is 2. The molecule has 5 heteroatoms. The zero-order chi connectivity index (χ0) is 13.8. The maximum Gasteiger partial charge on any atom is 0.253 e. The molecule has 104 valence electrons. The van der Waals surface area contributed by atoms with E-state index in [2.05, 4.69) is 5.32 Å². The maximum atomic E-state index is 11.9. The highest BCUT2D eigenvalue weighted by molar-refractivity contribution is 8.00. The molecule has 1 unspecified atom stereocenters. The number of benzene rings is 1. The van der Waals surface area contributed by atoms with E-state index in [1.54, 1.807) is 31.1 Å². The number of nitrogens with one attached hydrogen (secondary N) is 1. The molecular weight excluding hydrogens is 258 g/mol. The molecular formula is C14H21N3OS. The number of thioether (sulfide) groups is 1. The van der Waals surface area contributed by atoms with Crippen molar-refractivity contribution < 1.29 is 4.79 Å². The minimum Gasteiger partial charge on any atom is -0.397 e. The number of nitrogens with zero attached hydrogens (tertiary/aromatic N) is 1. The average molecular weight is 279 g/mol. The van der Waals surface area contributed by atoms with Gasteiger partial charge in [0.2, 0.25) is 0 Å². The zero-order valence-corrected chi connectivity index (χ0v) is 12.3. The number of nitrogens with two attached hydrogens (primary N) is 1. The van der Waals surface area contributed by atoms with E-state index < -0.39 is 0 Å². The number of amides is 1. The Bertz CT molecular complexity index is 456. The van der Waals surface area contributed by atoms with Gasteiger partial charge in [-0.3, -0.25) is 4.79 Å². The van der Waals surface area contributed by atoms with Crippen LogP contribution >= 0.6 is 11.8 Å². The van der Waals surface area contributed by atoms with Crippen LogP contribution in [0.4, 0.5) is 11.4 Å². The fourth-order valence-corrected chi connectivity index (χ4v) is 3.33. The third-order valence-corrected chi connectivity index (χ3v) is 4.65. The SMILES string of the molecule is CN(C)C(=O)c1ccc(N)c(NCC2CCCS2)c1. The summed E-state index contributed by atoms with van der Waals surface area (Å²) in [5.74, 6) is 1.25. The fraction of sp³-hybridized carbons (Fsp3) is 0.500. The summed E-state index contributed by atoms with van der Waals surface area (Å²) in [7, 11) is 3.50. The molecule has 3 N–H and O–H groups in total. The van der Waals surface area contributed by atoms with E-state index in [1.165, 1.54) is 18.6 Å². The van der Waals surface area contributed by atoms with Gasteiger partial charge in [0, 0.05) is 31.5 Å². The normalized spacial score (nSPS) is 18.3. The minimum absolute atomic E-state index is 0.00158. The molecule has 1 aliphatic heterocycles. The molecule has 1 saturated heterocycles. The Morgan fingerprint density at radius 1 is 1.53 bits per heavy atom. The van der Waals surface area contributed by atoms with E-state index in [9.17, 15) is 4.79 Å². The first kappa shape index (κ1) is 14.1. The predicted octanol–water partition coefficient (Wildman–Crippen LogP) is 2.28. The van der Waals surface area contributed by atoms with Crippen molar-refractivity contribution in [2.45, 2.75) is 18.1 Å². The first-order valence-corrected chi connectivity index (χ1v) is 7.59. The second kappa shape index (κ2) is 6.19. The van der Waals surface area contributed by atoms with Crippen LogP contribution in [0.2, 0.25) is 0 Å². The molecule has 2 rings (SSSR count). The molecule has 1 aliphatic rings. The van der Waals surface area contributed by atoms with Crippen molar-refractivity contribution in [1.29, 1.82) is 0 Å². The Hall–Kier alpha value is -1.36. The molecule has 0 radical (unpaired) electrons. The van der Waals surface area contributed by atoms with E-state index >= 15 is 0 Å². The van der Waals surface area contributed by atoms with Crippen LogP contribution in [-0.2, 0) is 0 Å². The van der Waals surface area contributed by atoms with Gasteiger partial charge >= 0.3 is 0 Å². The van der Waals surface area contributed by atoms with Gasteiger partial charge in [-0.1, -0.05) is 0 Å². The van der Waals surface area contributed by atoms with Crippen molar-refractivity contribution >= 4 is 29.0 Å². The van der Waals surface area contributed by atoms with Crippen LogP contribution < -0.4 is 11.1 Å². The van der Waals surface area contributed by atoms with Crippen LogP contribution in [0.3, 0.4) is 0 Å². The van der Waals surface area contributed by atoms with E-state index in [-0.39, 0.29) is 5.91 Å². The third kappa shape index (κ3) is 3.56. The van der Waals surface area contributed by atoms with Crippen LogP contribution in [0.1, 0.15) is 23.2 Å². The second-order valence-electron chi connectivity index (χ2n) is 5.02. The summed E-state index contributed by atoms with van der Waals surface area (Å²) in [6.07, 6.45) is 2.56. The lowest BCUT2D eigenvalue weighted by molar-refractivity contribution is 0.0827. The second-order valence-corrected chi connectivity index (χ2v) is 6.43. The largest absolute Gasteiger partial charge is 0.397 e. The Labute approximate surface area is 118 Å². The van der Waals surface area contributed by atoms with Crippen LogP contribution in [0, 0.1) is 0 Å². The molecule has 0 saturated carbocycles. The molecule has 1 heterocycles. The van der Waals surface area contributed by atoms with Crippen LogP contribution in [-0.4, -0.2) is 42.4 Å². The van der Waals surface area contributed by atoms with E-state index in [0.29, 0.717) is 16.5 Å². The van der Waals surface area contributed by atoms with Gasteiger partial charge in [-0.2, -0.15) is 11.8 Å². The summed E-state index contributed by atoms with van der Waals surface area (Å²) in [5, 5.41) is 4.03. The van der Waals surface area contributed by atoms with Crippen LogP contribution in [0.5, 0.6) is 0 Å². The lowest BCUT2D eigenvalue weighted by Crippen LogP contribution is -2.22. The van der Waals surface area contributed by atoms with Crippen molar-refractivity contribution in [2.24, 2.45) is 0 Å².